The van der Waals surface area contributed by atoms with Gasteiger partial charge in [0.1, 0.15) is 0 Å². The number of hydrogen-bond donors (Lipinski definition) is 1. The van der Waals surface area contributed by atoms with Crippen LogP contribution < -0.4 is 22.3 Å². The predicted octanol–water partition coefficient (Wildman–Crippen LogP) is 1.65. The van der Waals surface area contributed by atoms with Crippen molar-refractivity contribution in [1.82, 2.24) is 4.90 Å². The number of carbonyl (C=O) groups is 1. The average molecular weight is 505 g/mol. The number of fused-ring (bicyclic) bond motifs is 1. The molecule has 2 heterocycles. The van der Waals surface area contributed by atoms with E-state index in [-0.39, 0.29) is 34.1 Å². The summed E-state index contributed by atoms with van der Waals surface area (Å²) in [5.74, 6) is 0.0763. The molecule has 2 aliphatic rings. The van der Waals surface area contributed by atoms with Crippen LogP contribution in [0.4, 0.5) is 5.69 Å². The number of hydrogen-bond acceptors (Lipinski definition) is 3. The molecule has 31 heavy (non-hydrogen) atoms. The lowest BCUT2D eigenvalue weighted by atomic mass is 9.96. The van der Waals surface area contributed by atoms with Gasteiger partial charge in [-0.3, -0.25) is 9.69 Å². The third-order valence-corrected chi connectivity index (χ3v) is 8.11. The highest BCUT2D eigenvalue weighted by Gasteiger charge is 2.37. The number of halogens is 1. The fourth-order valence-corrected chi connectivity index (χ4v) is 5.93. The molecule has 2 unspecified atom stereocenters. The lowest BCUT2D eigenvalue weighted by Crippen LogP contribution is -3.00. The highest BCUT2D eigenvalue weighted by molar-refractivity contribution is 7.99. The molecule has 0 bridgehead atoms. The lowest BCUT2D eigenvalue weighted by molar-refractivity contribution is -0.913. The molecule has 0 radical (unpaired) electrons. The Hall–Kier alpha value is -1.34. The summed E-state index contributed by atoms with van der Waals surface area (Å²) in [5.41, 5.74) is 2.18. The average Bonchev–Trinajstić information content (AvgIpc) is 2.91. The quantitative estimate of drug-likeness (QED) is 0.608. The van der Waals surface area contributed by atoms with Crippen molar-refractivity contribution in [2.75, 3.05) is 51.6 Å². The maximum atomic E-state index is 13.3. The number of benzene rings is 2. The summed E-state index contributed by atoms with van der Waals surface area (Å²) in [4.78, 5) is 17.0. The first-order valence-corrected chi connectivity index (χ1v) is 12.1. The molecule has 4 nitrogen and oxygen atoms in total. The van der Waals surface area contributed by atoms with Gasteiger partial charge < -0.3 is 26.8 Å². The molecule has 0 aromatic heterocycles. The molecule has 0 spiro atoms. The largest absolute Gasteiger partial charge is 1.00 e. The van der Waals surface area contributed by atoms with Crippen LogP contribution >= 0.6 is 11.8 Å². The van der Waals surface area contributed by atoms with Gasteiger partial charge in [0.05, 0.1) is 38.3 Å². The van der Waals surface area contributed by atoms with Gasteiger partial charge in [0.2, 0.25) is 5.91 Å². The van der Waals surface area contributed by atoms with E-state index in [1.54, 1.807) is 0 Å². The minimum atomic E-state index is -0.0719. The van der Waals surface area contributed by atoms with Crippen LogP contribution in [0.25, 0.3) is 0 Å². The Labute approximate surface area is 201 Å². The zero-order valence-corrected chi connectivity index (χ0v) is 21.0. The Balaban J connectivity index is 0.00000272. The van der Waals surface area contributed by atoms with Gasteiger partial charge in [-0.25, -0.2) is 0 Å². The predicted molar refractivity (Wildman–Crippen MR) is 126 cm³/mol. The van der Waals surface area contributed by atoms with Crippen LogP contribution in [0.3, 0.4) is 0 Å². The first kappa shape index (κ1) is 24.3. The summed E-state index contributed by atoms with van der Waals surface area (Å²) in [6.45, 7) is 8.86. The van der Waals surface area contributed by atoms with Crippen molar-refractivity contribution in [3.63, 3.8) is 0 Å². The molecule has 1 saturated heterocycles. The molecule has 6 heteroatoms. The topological polar surface area (TPSA) is 32.3 Å². The van der Waals surface area contributed by atoms with E-state index in [4.69, 9.17) is 0 Å². The molecule has 1 amide bonds. The van der Waals surface area contributed by atoms with Crippen molar-refractivity contribution in [3.8, 4) is 0 Å². The zero-order valence-electron chi connectivity index (χ0n) is 18.6. The van der Waals surface area contributed by atoms with E-state index in [1.807, 2.05) is 30.0 Å². The molecule has 2 aromatic rings. The van der Waals surface area contributed by atoms with E-state index in [2.05, 4.69) is 60.6 Å². The van der Waals surface area contributed by atoms with E-state index in [9.17, 15) is 4.79 Å². The van der Waals surface area contributed by atoms with Crippen LogP contribution in [0.1, 0.15) is 30.6 Å². The Morgan fingerprint density at radius 3 is 2.45 bits per heavy atom. The van der Waals surface area contributed by atoms with Gasteiger partial charge in [0.15, 0.2) is 0 Å². The first-order valence-electron chi connectivity index (χ1n) is 11.3. The SMILES string of the molecule is CCCC[N+]1(C)CCN(CC2C(=O)Nc3ccccc3SC2c2ccccc2)CC1.[Br-]. The number of carbonyl (C=O) groups excluding carboxylic acids is 1. The highest BCUT2D eigenvalue weighted by atomic mass is 79.9. The number of anilines is 1. The molecule has 0 aliphatic carbocycles. The van der Waals surface area contributed by atoms with E-state index in [1.165, 1.54) is 42.5 Å². The molecular weight excluding hydrogens is 470 g/mol. The zero-order chi connectivity index (χ0) is 21.0. The number of piperazine rings is 1. The van der Waals surface area contributed by atoms with E-state index in [0.717, 1.165) is 30.2 Å². The number of unbranched alkanes of at least 4 members (excludes halogenated alkanes) is 1. The van der Waals surface area contributed by atoms with Crippen molar-refractivity contribution >= 4 is 23.4 Å². The van der Waals surface area contributed by atoms with Gasteiger partial charge in [-0.1, -0.05) is 55.8 Å². The third-order valence-electron chi connectivity index (χ3n) is 6.65. The second kappa shape index (κ2) is 11.0. The van der Waals surface area contributed by atoms with Crippen LogP contribution in [-0.4, -0.2) is 61.6 Å². The number of rotatable bonds is 6. The normalized spacial score (nSPS) is 23.2. The van der Waals surface area contributed by atoms with Crippen LogP contribution in [0.2, 0.25) is 0 Å². The standard InChI is InChI=1S/C25H33N3OS.BrH/c1-3-4-16-28(2)17-14-27(15-18-28)19-21-24(20-10-6-5-7-11-20)30-23-13-9-8-12-22(23)26-25(21)29;/h5-13,21,24H,3-4,14-19H2,1-2H3;1H. The summed E-state index contributed by atoms with van der Waals surface area (Å²) >= 11 is 1.83. The minimum absolute atomic E-state index is 0. The van der Waals surface area contributed by atoms with E-state index < -0.39 is 0 Å². The van der Waals surface area contributed by atoms with Gasteiger partial charge >= 0.3 is 0 Å². The number of para-hydroxylation sites is 1. The fourth-order valence-electron chi connectivity index (χ4n) is 4.59. The van der Waals surface area contributed by atoms with E-state index in [0.29, 0.717) is 0 Å². The summed E-state index contributed by atoms with van der Waals surface area (Å²) in [5, 5.41) is 3.34. The number of quaternary nitrogens is 1. The van der Waals surface area contributed by atoms with Crippen molar-refractivity contribution in [2.45, 2.75) is 29.9 Å². The van der Waals surface area contributed by atoms with Crippen LogP contribution in [-0.2, 0) is 4.79 Å². The van der Waals surface area contributed by atoms with Crippen molar-refractivity contribution < 1.29 is 26.3 Å². The van der Waals surface area contributed by atoms with Gasteiger partial charge in [-0.05, 0) is 24.1 Å². The number of amides is 1. The van der Waals surface area contributed by atoms with Gasteiger partial charge in [-0.2, -0.15) is 0 Å². The van der Waals surface area contributed by atoms with Crippen LogP contribution in [0.15, 0.2) is 59.5 Å². The maximum absolute atomic E-state index is 13.3. The Bertz CT molecular complexity index is 855. The molecule has 168 valence electrons. The fraction of sp³-hybridized carbons (Fsp3) is 0.480. The van der Waals surface area contributed by atoms with Crippen LogP contribution in [0, 0.1) is 5.92 Å². The first-order chi connectivity index (χ1) is 14.6. The molecule has 2 aromatic carbocycles. The summed E-state index contributed by atoms with van der Waals surface area (Å²) in [7, 11) is 2.39. The maximum Gasteiger partial charge on any atom is 0.230 e. The molecular formula is C25H34BrN3OS. The molecule has 4 rings (SSSR count). The second-order valence-corrected chi connectivity index (χ2v) is 10.2. The number of nitrogens with one attached hydrogen (secondary N) is 1. The Morgan fingerprint density at radius 1 is 1.06 bits per heavy atom. The van der Waals surface area contributed by atoms with Crippen molar-refractivity contribution in [3.05, 3.63) is 60.2 Å². The molecule has 1 fully saturated rings. The number of nitrogens with zero attached hydrogens (tertiary/aromatic N) is 2. The third kappa shape index (κ3) is 5.92. The lowest BCUT2D eigenvalue weighted by Gasteiger charge is -2.43. The summed E-state index contributed by atoms with van der Waals surface area (Å²) in [6.07, 6.45) is 2.56. The molecule has 1 N–H and O–H groups in total. The Morgan fingerprint density at radius 2 is 1.74 bits per heavy atom. The smallest absolute Gasteiger partial charge is 0.230 e. The number of thioether (sulfide) groups is 1. The van der Waals surface area contributed by atoms with Gasteiger partial charge in [-0.15, -0.1) is 11.8 Å². The van der Waals surface area contributed by atoms with Crippen LogP contribution in [0.5, 0.6) is 0 Å². The van der Waals surface area contributed by atoms with E-state index >= 15 is 0 Å². The highest BCUT2D eigenvalue weighted by Crippen LogP contribution is 2.46. The van der Waals surface area contributed by atoms with Crippen molar-refractivity contribution in [2.24, 2.45) is 5.92 Å². The molecule has 0 saturated carbocycles. The second-order valence-electron chi connectivity index (χ2n) is 8.99. The molecule has 2 atom stereocenters. The monoisotopic (exact) mass is 503 g/mol. The summed E-state index contributed by atoms with van der Waals surface area (Å²) < 4.78 is 1.17. The van der Waals surface area contributed by atoms with Gasteiger partial charge in [0, 0.05) is 29.8 Å². The number of likely N-dealkylation sites (N-methyl/N-ethyl adjacent to an activating group) is 1. The Kier molecular flexibility index (Phi) is 8.62. The molecule has 2 aliphatic heterocycles. The van der Waals surface area contributed by atoms with Gasteiger partial charge in [0.25, 0.3) is 0 Å². The summed E-state index contributed by atoms with van der Waals surface area (Å²) in [6, 6.07) is 18.7. The van der Waals surface area contributed by atoms with Crippen molar-refractivity contribution in [1.29, 1.82) is 0 Å². The minimum Gasteiger partial charge on any atom is -1.00 e.